The van der Waals surface area contributed by atoms with Crippen LogP contribution in [0.3, 0.4) is 0 Å². The lowest BCUT2D eigenvalue weighted by Gasteiger charge is -2.34. The summed E-state index contributed by atoms with van der Waals surface area (Å²) in [6, 6.07) is 9.06. The van der Waals surface area contributed by atoms with E-state index in [1.54, 1.807) is 56.2 Å². The van der Waals surface area contributed by atoms with E-state index in [0.717, 1.165) is 93.6 Å². The minimum atomic E-state index is -0.502. The molecule has 0 spiro atoms. The minimum Gasteiger partial charge on any atom is -0.444 e. The second-order valence-corrected chi connectivity index (χ2v) is 22.7. The normalized spacial score (nSPS) is 18.5. The van der Waals surface area contributed by atoms with E-state index in [4.69, 9.17) is 14.7 Å². The Morgan fingerprint density at radius 3 is 1.57 bits per heavy atom. The lowest BCUT2D eigenvalue weighted by molar-refractivity contribution is 0.0165. The van der Waals surface area contributed by atoms with Gasteiger partial charge in [0.05, 0.1) is 18.6 Å². The van der Waals surface area contributed by atoms with Crippen molar-refractivity contribution in [1.29, 1.82) is 0 Å². The number of pyridine rings is 3. The SMILES string of the molecule is CC(C)(C)OC(=O)N1CCC[C@@H](Cc2nc(-c3cnc4ccc(F)cn34)ncc2C2CC2)C1.Fc1ccc2ncc(-c3ncc(C4CC4)c(C[C@@H]4CCCNC4)n3)n2c1.O=c1[nH]c(-c2cnc3ccc(F)cn23)ncc1C1CC1. The van der Waals surface area contributed by atoms with Gasteiger partial charge in [-0.3, -0.25) is 18.0 Å². The van der Waals surface area contributed by atoms with E-state index in [2.05, 4.69) is 40.2 Å². The number of amides is 1. The van der Waals surface area contributed by atoms with Crippen LogP contribution in [-0.4, -0.2) is 101 Å². The maximum absolute atomic E-state index is 13.8. The van der Waals surface area contributed by atoms with Gasteiger partial charge in [0.2, 0.25) is 0 Å². The molecule has 3 saturated carbocycles. The average Bonchev–Trinajstić information content (AvgIpc) is 4.56. The average molecular weight is 1070 g/mol. The van der Waals surface area contributed by atoms with Crippen molar-refractivity contribution in [3.8, 4) is 34.6 Å². The molecular formula is C59H63F3N14O3. The first kappa shape index (κ1) is 51.9. The van der Waals surface area contributed by atoms with Gasteiger partial charge >= 0.3 is 6.09 Å². The van der Waals surface area contributed by atoms with E-state index in [9.17, 15) is 22.8 Å². The highest BCUT2D eigenvalue weighted by Gasteiger charge is 2.33. The van der Waals surface area contributed by atoms with Crippen molar-refractivity contribution in [2.75, 3.05) is 26.2 Å². The van der Waals surface area contributed by atoms with Gasteiger partial charge in [0.1, 0.15) is 57.1 Å². The van der Waals surface area contributed by atoms with Gasteiger partial charge in [0.25, 0.3) is 5.56 Å². The van der Waals surface area contributed by atoms with E-state index in [0.29, 0.717) is 81.9 Å². The number of H-pyrrole nitrogens is 1. The lowest BCUT2D eigenvalue weighted by Crippen LogP contribution is -2.43. The molecule has 20 heteroatoms. The monoisotopic (exact) mass is 1070 g/mol. The summed E-state index contributed by atoms with van der Waals surface area (Å²) in [5, 5.41) is 3.49. The van der Waals surface area contributed by atoms with Crippen molar-refractivity contribution in [3.63, 3.8) is 0 Å². The number of nitrogens with zero attached hydrogens (tertiary/aromatic N) is 12. The molecule has 79 heavy (non-hydrogen) atoms. The summed E-state index contributed by atoms with van der Waals surface area (Å²) in [7, 11) is 0. The number of hydrogen-bond acceptors (Lipinski definition) is 12. The first-order valence-electron chi connectivity index (χ1n) is 27.7. The van der Waals surface area contributed by atoms with Crippen LogP contribution in [0.4, 0.5) is 18.0 Å². The summed E-state index contributed by atoms with van der Waals surface area (Å²) >= 11 is 0. The number of carbonyl (C=O) groups excluding carboxylic acids is 1. The van der Waals surface area contributed by atoms with Crippen molar-refractivity contribution in [1.82, 2.24) is 68.3 Å². The minimum absolute atomic E-state index is 0.121. The van der Waals surface area contributed by atoms with Crippen LogP contribution in [0.2, 0.25) is 0 Å². The molecule has 2 atom stereocenters. The van der Waals surface area contributed by atoms with Gasteiger partial charge in [0, 0.05) is 67.2 Å². The van der Waals surface area contributed by atoms with Gasteiger partial charge in [0.15, 0.2) is 17.5 Å². The molecule has 1 amide bonds. The topological polar surface area (TPSA) is 191 Å². The molecule has 0 bridgehead atoms. The molecule has 11 heterocycles. The maximum atomic E-state index is 13.8. The molecule has 9 aromatic heterocycles. The number of likely N-dealkylation sites (tertiary alicyclic amines) is 1. The summed E-state index contributed by atoms with van der Waals surface area (Å²) in [6.45, 7) is 9.25. The quantitative estimate of drug-likeness (QED) is 0.132. The van der Waals surface area contributed by atoms with Crippen LogP contribution in [0, 0.1) is 29.3 Å². The zero-order chi connectivity index (χ0) is 54.4. The molecule has 17 nitrogen and oxygen atoms in total. The number of piperidine rings is 2. The number of hydrogen-bond donors (Lipinski definition) is 2. The molecule has 2 aliphatic heterocycles. The van der Waals surface area contributed by atoms with Crippen molar-refractivity contribution in [3.05, 3.63) is 148 Å². The van der Waals surface area contributed by atoms with Gasteiger partial charge in [-0.1, -0.05) is 0 Å². The van der Waals surface area contributed by atoms with Crippen molar-refractivity contribution in [2.24, 2.45) is 11.8 Å². The van der Waals surface area contributed by atoms with Gasteiger partial charge in [-0.2, -0.15) is 0 Å². The smallest absolute Gasteiger partial charge is 0.410 e. The Kier molecular flexibility index (Phi) is 14.3. The van der Waals surface area contributed by atoms with E-state index in [1.807, 2.05) is 38.1 Å². The van der Waals surface area contributed by atoms with Crippen molar-refractivity contribution < 1.29 is 22.7 Å². The summed E-state index contributed by atoms with van der Waals surface area (Å²) in [5.74, 6) is 3.01. The number of nitrogens with one attached hydrogen (secondary N) is 2. The third-order valence-electron chi connectivity index (χ3n) is 15.3. The van der Waals surface area contributed by atoms with E-state index >= 15 is 0 Å². The predicted octanol–water partition coefficient (Wildman–Crippen LogP) is 10.4. The predicted molar refractivity (Wildman–Crippen MR) is 291 cm³/mol. The Morgan fingerprint density at radius 1 is 0.595 bits per heavy atom. The maximum Gasteiger partial charge on any atom is 0.410 e. The Balaban J connectivity index is 0.000000122. The van der Waals surface area contributed by atoms with Crippen LogP contribution in [0.25, 0.3) is 51.5 Å². The van der Waals surface area contributed by atoms with Crippen LogP contribution in [0.1, 0.15) is 131 Å². The summed E-state index contributed by atoms with van der Waals surface area (Å²) in [6.07, 6.45) is 27.6. The molecule has 408 valence electrons. The van der Waals surface area contributed by atoms with Crippen LogP contribution in [-0.2, 0) is 17.6 Å². The Hall–Kier alpha value is -7.87. The number of halogens is 3. The molecule has 0 aromatic carbocycles. The highest BCUT2D eigenvalue weighted by Crippen LogP contribution is 2.43. The number of rotatable bonds is 10. The standard InChI is InChI=1S/C25H30FN5O2.C20H22FN5.C14H11FN4O/c1-25(2,3)33-24(32)30-10-4-5-16(14-30)11-20-19(17-6-7-17)12-28-23(29-20)21-13-27-22-9-8-18(26)15-31(21)22;21-15-5-6-19-23-11-18(26(19)12-15)20-24-10-16(14-3-4-14)17(25-20)8-13-2-1-7-22-9-13;15-9-3-4-12-16-6-11(19(12)7-9)13-17-5-10(8-1-2-8)14(20)18-13/h8-9,12-13,15-17H,4-7,10-11,14H2,1-3H3;5-6,10-14,22H,1-4,7-9H2;3-8H,1-2H2,(H,17,18,20)/t16-;13-;/m00./s1. The molecule has 0 radical (unpaired) electrons. The molecule has 3 aliphatic carbocycles. The number of aromatic amines is 1. The summed E-state index contributed by atoms with van der Waals surface area (Å²) in [4.78, 5) is 65.5. The molecule has 0 unspecified atom stereocenters. The zero-order valence-electron chi connectivity index (χ0n) is 44.6. The molecule has 14 rings (SSSR count). The molecular weight excluding hydrogens is 1010 g/mol. The van der Waals surface area contributed by atoms with Crippen LogP contribution < -0.4 is 10.9 Å². The fourth-order valence-electron chi connectivity index (χ4n) is 10.9. The number of carbonyl (C=O) groups is 1. The second kappa shape index (κ2) is 21.8. The largest absolute Gasteiger partial charge is 0.444 e. The Morgan fingerprint density at radius 2 is 1.08 bits per heavy atom. The third-order valence-corrected chi connectivity index (χ3v) is 15.3. The fraction of sp³-hybridized carbons (Fsp3) is 0.424. The Labute approximate surface area is 454 Å². The number of fused-ring (bicyclic) bond motifs is 3. The first-order valence-corrected chi connectivity index (χ1v) is 27.7. The van der Waals surface area contributed by atoms with Gasteiger partial charge in [-0.25, -0.2) is 57.8 Å². The van der Waals surface area contributed by atoms with Gasteiger partial charge in [-0.15, -0.1) is 0 Å². The highest BCUT2D eigenvalue weighted by atomic mass is 19.1. The first-order chi connectivity index (χ1) is 38.3. The lowest BCUT2D eigenvalue weighted by atomic mass is 9.91. The van der Waals surface area contributed by atoms with Crippen LogP contribution in [0.15, 0.2) is 97.0 Å². The highest BCUT2D eigenvalue weighted by molar-refractivity contribution is 5.68. The Bertz CT molecular complexity index is 3750. The van der Waals surface area contributed by atoms with Gasteiger partial charge < -0.3 is 19.9 Å². The molecule has 9 aromatic rings. The van der Waals surface area contributed by atoms with E-state index in [1.165, 1.54) is 73.6 Å². The number of aromatic nitrogens is 12. The molecule has 2 saturated heterocycles. The van der Waals surface area contributed by atoms with Crippen LogP contribution in [0.5, 0.6) is 0 Å². The van der Waals surface area contributed by atoms with E-state index in [-0.39, 0.29) is 29.1 Å². The number of ether oxygens (including phenoxy) is 1. The fourth-order valence-corrected chi connectivity index (χ4v) is 10.9. The molecule has 5 aliphatic rings. The second-order valence-electron chi connectivity index (χ2n) is 22.7. The van der Waals surface area contributed by atoms with Crippen LogP contribution >= 0.6 is 0 Å². The summed E-state index contributed by atoms with van der Waals surface area (Å²) in [5.41, 5.74) is 8.76. The van der Waals surface area contributed by atoms with Crippen molar-refractivity contribution in [2.45, 2.75) is 121 Å². The van der Waals surface area contributed by atoms with Gasteiger partial charge in [-0.05, 0) is 188 Å². The van der Waals surface area contributed by atoms with E-state index < -0.39 is 5.60 Å². The third kappa shape index (κ3) is 11.9. The number of imidazole rings is 3. The molecule has 2 N–H and O–H groups in total. The summed E-state index contributed by atoms with van der Waals surface area (Å²) < 4.78 is 51.4. The van der Waals surface area contributed by atoms with Crippen molar-refractivity contribution >= 4 is 23.0 Å². The zero-order valence-corrected chi connectivity index (χ0v) is 44.6. The molecule has 5 fully saturated rings.